The Hall–Kier alpha value is -0.990. The molecule has 1 aromatic heterocycles. The fourth-order valence-corrected chi connectivity index (χ4v) is 2.27. The second-order valence-electron chi connectivity index (χ2n) is 3.15. The van der Waals surface area contributed by atoms with Crippen molar-refractivity contribution < 1.29 is 0 Å². The first-order chi connectivity index (χ1) is 6.66. The van der Waals surface area contributed by atoms with Gasteiger partial charge in [-0.2, -0.15) is 0 Å². The molecule has 14 heavy (non-hydrogen) atoms. The first kappa shape index (κ1) is 9.56. The van der Waals surface area contributed by atoms with E-state index in [-0.39, 0.29) is 0 Å². The van der Waals surface area contributed by atoms with E-state index in [1.54, 1.807) is 11.3 Å². The third-order valence-electron chi connectivity index (χ3n) is 2.02. The SMILES string of the molecule is Cc1ccc(-c2ccc(Cl)c(N)c2)s1. The maximum atomic E-state index is 5.85. The molecule has 2 rings (SSSR count). The maximum absolute atomic E-state index is 5.85. The zero-order valence-electron chi connectivity index (χ0n) is 7.75. The van der Waals surface area contributed by atoms with Crippen LogP contribution in [0.1, 0.15) is 4.88 Å². The van der Waals surface area contributed by atoms with E-state index in [0.29, 0.717) is 10.7 Å². The standard InChI is InChI=1S/C11H10ClNS/c1-7-2-5-11(14-7)8-3-4-9(12)10(13)6-8/h2-6H,13H2,1H3. The molecular formula is C11H10ClNS. The van der Waals surface area contributed by atoms with E-state index in [9.17, 15) is 0 Å². The summed E-state index contributed by atoms with van der Waals surface area (Å²) >= 11 is 7.61. The predicted octanol–water partition coefficient (Wildman–Crippen LogP) is 3.96. The summed E-state index contributed by atoms with van der Waals surface area (Å²) in [4.78, 5) is 2.53. The molecule has 0 unspecified atom stereocenters. The number of anilines is 1. The molecule has 1 aromatic carbocycles. The van der Waals surface area contributed by atoms with Crippen LogP contribution in [0.4, 0.5) is 5.69 Å². The van der Waals surface area contributed by atoms with Crippen molar-refractivity contribution in [3.05, 3.63) is 40.2 Å². The van der Waals surface area contributed by atoms with Gasteiger partial charge in [0.25, 0.3) is 0 Å². The van der Waals surface area contributed by atoms with Crippen molar-refractivity contribution in [2.45, 2.75) is 6.92 Å². The predicted molar refractivity (Wildman–Crippen MR) is 63.9 cm³/mol. The minimum absolute atomic E-state index is 0.613. The van der Waals surface area contributed by atoms with Gasteiger partial charge >= 0.3 is 0 Å². The van der Waals surface area contributed by atoms with Crippen molar-refractivity contribution >= 4 is 28.6 Å². The molecule has 0 fully saturated rings. The van der Waals surface area contributed by atoms with Gasteiger partial charge in [-0.25, -0.2) is 0 Å². The molecule has 0 amide bonds. The van der Waals surface area contributed by atoms with E-state index in [4.69, 9.17) is 17.3 Å². The highest BCUT2D eigenvalue weighted by atomic mass is 35.5. The molecule has 2 aromatic rings. The van der Waals surface area contributed by atoms with Crippen molar-refractivity contribution in [3.63, 3.8) is 0 Å². The van der Waals surface area contributed by atoms with Gasteiger partial charge in [0.05, 0.1) is 10.7 Å². The Bertz CT molecular complexity index is 462. The van der Waals surface area contributed by atoms with Crippen LogP contribution < -0.4 is 5.73 Å². The second-order valence-corrected chi connectivity index (χ2v) is 4.84. The number of nitrogens with two attached hydrogens (primary N) is 1. The number of rotatable bonds is 1. The van der Waals surface area contributed by atoms with Crippen LogP contribution in [0.15, 0.2) is 30.3 Å². The van der Waals surface area contributed by atoms with Gasteiger partial charge in [0, 0.05) is 9.75 Å². The van der Waals surface area contributed by atoms with Crippen LogP contribution in [0.3, 0.4) is 0 Å². The molecule has 0 atom stereocenters. The molecule has 0 aliphatic heterocycles. The number of nitrogen functional groups attached to an aromatic ring is 1. The molecule has 0 saturated heterocycles. The van der Waals surface area contributed by atoms with E-state index in [1.165, 1.54) is 9.75 Å². The van der Waals surface area contributed by atoms with E-state index in [1.807, 2.05) is 18.2 Å². The third kappa shape index (κ3) is 1.76. The van der Waals surface area contributed by atoms with Gasteiger partial charge in [-0.1, -0.05) is 17.7 Å². The number of halogens is 1. The maximum Gasteiger partial charge on any atom is 0.0635 e. The van der Waals surface area contributed by atoms with Crippen LogP contribution in [-0.4, -0.2) is 0 Å². The van der Waals surface area contributed by atoms with E-state index in [2.05, 4.69) is 19.1 Å². The summed E-state index contributed by atoms with van der Waals surface area (Å²) in [5.41, 5.74) is 7.50. The average molecular weight is 224 g/mol. The zero-order valence-corrected chi connectivity index (χ0v) is 9.32. The van der Waals surface area contributed by atoms with Crippen LogP contribution in [0, 0.1) is 6.92 Å². The number of benzene rings is 1. The van der Waals surface area contributed by atoms with Crippen molar-refractivity contribution in [2.24, 2.45) is 0 Å². The molecule has 0 radical (unpaired) electrons. The lowest BCUT2D eigenvalue weighted by molar-refractivity contribution is 1.64. The normalized spacial score (nSPS) is 10.4. The van der Waals surface area contributed by atoms with Crippen molar-refractivity contribution in [1.82, 2.24) is 0 Å². The summed E-state index contributed by atoms with van der Waals surface area (Å²) in [5.74, 6) is 0. The van der Waals surface area contributed by atoms with Gasteiger partial charge in [-0.15, -0.1) is 11.3 Å². The Balaban J connectivity index is 2.47. The molecular weight excluding hydrogens is 214 g/mol. The van der Waals surface area contributed by atoms with Crippen molar-refractivity contribution in [3.8, 4) is 10.4 Å². The van der Waals surface area contributed by atoms with E-state index < -0.39 is 0 Å². The third-order valence-corrected chi connectivity index (χ3v) is 3.41. The quantitative estimate of drug-likeness (QED) is 0.728. The Morgan fingerprint density at radius 1 is 1.21 bits per heavy atom. The van der Waals surface area contributed by atoms with Crippen molar-refractivity contribution in [1.29, 1.82) is 0 Å². The molecule has 1 nitrogen and oxygen atoms in total. The molecule has 0 bridgehead atoms. The zero-order chi connectivity index (χ0) is 10.1. The Kier molecular flexibility index (Phi) is 2.48. The van der Waals surface area contributed by atoms with Gasteiger partial charge in [-0.05, 0) is 36.8 Å². The van der Waals surface area contributed by atoms with Crippen molar-refractivity contribution in [2.75, 3.05) is 5.73 Å². The second kappa shape index (κ2) is 3.64. The Morgan fingerprint density at radius 3 is 2.57 bits per heavy atom. The average Bonchev–Trinajstić information content (AvgIpc) is 2.57. The van der Waals surface area contributed by atoms with Crippen LogP contribution in [-0.2, 0) is 0 Å². The molecule has 2 N–H and O–H groups in total. The van der Waals surface area contributed by atoms with Crippen LogP contribution in [0.2, 0.25) is 5.02 Å². The lowest BCUT2D eigenvalue weighted by atomic mass is 10.2. The number of hydrogen-bond donors (Lipinski definition) is 1. The molecule has 0 saturated carbocycles. The van der Waals surface area contributed by atoms with Gasteiger partial charge in [0.2, 0.25) is 0 Å². The molecule has 0 spiro atoms. The first-order valence-electron chi connectivity index (χ1n) is 4.28. The number of hydrogen-bond acceptors (Lipinski definition) is 2. The monoisotopic (exact) mass is 223 g/mol. The highest BCUT2D eigenvalue weighted by Crippen LogP contribution is 2.31. The Labute approximate surface area is 92.1 Å². The van der Waals surface area contributed by atoms with Gasteiger partial charge in [-0.3, -0.25) is 0 Å². The first-order valence-corrected chi connectivity index (χ1v) is 5.48. The molecule has 0 aliphatic carbocycles. The fraction of sp³-hybridized carbons (Fsp3) is 0.0909. The summed E-state index contributed by atoms with van der Waals surface area (Å²) < 4.78 is 0. The Morgan fingerprint density at radius 2 is 2.00 bits per heavy atom. The smallest absolute Gasteiger partial charge is 0.0635 e. The molecule has 0 aliphatic rings. The van der Waals surface area contributed by atoms with Gasteiger partial charge < -0.3 is 5.73 Å². The minimum atomic E-state index is 0.613. The van der Waals surface area contributed by atoms with Crippen LogP contribution in [0.5, 0.6) is 0 Å². The summed E-state index contributed by atoms with van der Waals surface area (Å²) in [6, 6.07) is 9.94. The molecule has 1 heterocycles. The van der Waals surface area contributed by atoms with E-state index >= 15 is 0 Å². The minimum Gasteiger partial charge on any atom is -0.398 e. The highest BCUT2D eigenvalue weighted by molar-refractivity contribution is 7.15. The fourth-order valence-electron chi connectivity index (χ4n) is 1.29. The van der Waals surface area contributed by atoms with Crippen LogP contribution in [0.25, 0.3) is 10.4 Å². The lowest BCUT2D eigenvalue weighted by Crippen LogP contribution is -1.85. The van der Waals surface area contributed by atoms with Gasteiger partial charge in [0.15, 0.2) is 0 Å². The number of thiophene rings is 1. The largest absolute Gasteiger partial charge is 0.398 e. The number of aryl methyl sites for hydroxylation is 1. The molecule has 72 valence electrons. The summed E-state index contributed by atoms with van der Waals surface area (Å²) in [7, 11) is 0. The molecule has 3 heteroatoms. The van der Waals surface area contributed by atoms with Crippen LogP contribution >= 0.6 is 22.9 Å². The topological polar surface area (TPSA) is 26.0 Å². The lowest BCUT2D eigenvalue weighted by Gasteiger charge is -2.01. The highest BCUT2D eigenvalue weighted by Gasteiger charge is 2.02. The summed E-state index contributed by atoms with van der Waals surface area (Å²) in [5, 5.41) is 0.613. The summed E-state index contributed by atoms with van der Waals surface area (Å²) in [6.07, 6.45) is 0. The van der Waals surface area contributed by atoms with E-state index in [0.717, 1.165) is 5.56 Å². The summed E-state index contributed by atoms with van der Waals surface area (Å²) in [6.45, 7) is 2.09. The van der Waals surface area contributed by atoms with Gasteiger partial charge in [0.1, 0.15) is 0 Å².